The summed E-state index contributed by atoms with van der Waals surface area (Å²) in [6.07, 6.45) is 3.54. The van der Waals surface area contributed by atoms with Crippen molar-refractivity contribution in [1.82, 2.24) is 15.3 Å². The van der Waals surface area contributed by atoms with Gasteiger partial charge in [-0.3, -0.25) is 0 Å². The molecular weight excluding hydrogens is 186 g/mol. The second-order valence-electron chi connectivity index (χ2n) is 2.86. The summed E-state index contributed by atoms with van der Waals surface area (Å²) in [7, 11) is 1.91. The highest BCUT2D eigenvalue weighted by atomic mass is 35.5. The number of hydrogen-bond donors (Lipinski definition) is 2. The van der Waals surface area contributed by atoms with Gasteiger partial charge in [-0.25, -0.2) is 4.98 Å². The van der Waals surface area contributed by atoms with Crippen molar-refractivity contribution < 1.29 is 0 Å². The van der Waals surface area contributed by atoms with Crippen LogP contribution in [0.4, 0.5) is 0 Å². The molecule has 0 unspecified atom stereocenters. The molecule has 2 heterocycles. The summed E-state index contributed by atoms with van der Waals surface area (Å²) in [5.74, 6) is 0. The molecule has 0 amide bonds. The van der Waals surface area contributed by atoms with Gasteiger partial charge in [0.05, 0.1) is 5.02 Å². The summed E-state index contributed by atoms with van der Waals surface area (Å²) < 4.78 is 0. The van der Waals surface area contributed by atoms with Crippen LogP contribution in [0.2, 0.25) is 5.02 Å². The van der Waals surface area contributed by atoms with Gasteiger partial charge in [0.1, 0.15) is 5.65 Å². The fourth-order valence-corrected chi connectivity index (χ4v) is 1.68. The van der Waals surface area contributed by atoms with Crippen LogP contribution in [0.3, 0.4) is 0 Å². The number of pyridine rings is 1. The Morgan fingerprint density at radius 2 is 2.46 bits per heavy atom. The average molecular weight is 196 g/mol. The van der Waals surface area contributed by atoms with Crippen LogP contribution in [-0.4, -0.2) is 17.0 Å². The lowest BCUT2D eigenvalue weighted by Crippen LogP contribution is -2.05. The number of nitrogens with one attached hydrogen (secondary N) is 2. The fraction of sp³-hybridized carbons (Fsp3) is 0.222. The van der Waals surface area contributed by atoms with Crippen molar-refractivity contribution in [2.75, 3.05) is 7.05 Å². The van der Waals surface area contributed by atoms with Crippen molar-refractivity contribution >= 4 is 22.6 Å². The Hall–Kier alpha value is -1.06. The number of hydrogen-bond acceptors (Lipinski definition) is 2. The van der Waals surface area contributed by atoms with Crippen molar-refractivity contribution in [2.45, 2.75) is 6.54 Å². The smallest absolute Gasteiger partial charge is 0.139 e. The lowest BCUT2D eigenvalue weighted by molar-refractivity contribution is 0.823. The molecule has 3 nitrogen and oxygen atoms in total. The number of rotatable bonds is 2. The van der Waals surface area contributed by atoms with Crippen molar-refractivity contribution in [3.8, 4) is 0 Å². The third kappa shape index (κ3) is 1.41. The number of H-pyrrole nitrogens is 1. The van der Waals surface area contributed by atoms with Gasteiger partial charge >= 0.3 is 0 Å². The van der Waals surface area contributed by atoms with Crippen LogP contribution in [0, 0.1) is 0 Å². The summed E-state index contributed by atoms with van der Waals surface area (Å²) in [6, 6.07) is 1.97. The van der Waals surface area contributed by atoms with Crippen molar-refractivity contribution in [1.29, 1.82) is 0 Å². The molecule has 4 heteroatoms. The Morgan fingerprint density at radius 1 is 1.62 bits per heavy atom. The molecule has 0 atom stereocenters. The Morgan fingerprint density at radius 3 is 3.23 bits per heavy atom. The minimum absolute atomic E-state index is 0.730. The summed E-state index contributed by atoms with van der Waals surface area (Å²) >= 11 is 6.01. The van der Waals surface area contributed by atoms with Gasteiger partial charge in [0.2, 0.25) is 0 Å². The van der Waals surface area contributed by atoms with Crippen molar-refractivity contribution in [3.05, 3.63) is 29.0 Å². The molecule has 2 aromatic heterocycles. The minimum Gasteiger partial charge on any atom is -0.345 e. The van der Waals surface area contributed by atoms with Crippen LogP contribution in [0.25, 0.3) is 11.0 Å². The zero-order valence-corrected chi connectivity index (χ0v) is 8.02. The third-order valence-electron chi connectivity index (χ3n) is 1.98. The summed E-state index contributed by atoms with van der Waals surface area (Å²) in [5.41, 5.74) is 2.01. The van der Waals surface area contributed by atoms with Gasteiger partial charge in [0.15, 0.2) is 0 Å². The molecule has 0 radical (unpaired) electrons. The van der Waals surface area contributed by atoms with Crippen LogP contribution < -0.4 is 5.32 Å². The largest absolute Gasteiger partial charge is 0.345 e. The van der Waals surface area contributed by atoms with E-state index in [2.05, 4.69) is 15.3 Å². The van der Waals surface area contributed by atoms with E-state index in [9.17, 15) is 0 Å². The maximum atomic E-state index is 6.01. The number of nitrogens with zero attached hydrogens (tertiary/aromatic N) is 1. The quantitative estimate of drug-likeness (QED) is 0.769. The molecule has 0 aliphatic carbocycles. The molecule has 0 saturated heterocycles. The van der Waals surface area contributed by atoms with E-state index in [4.69, 9.17) is 11.6 Å². The molecule has 0 bridgehead atoms. The number of aromatic nitrogens is 2. The maximum absolute atomic E-state index is 6.01. The molecule has 0 aliphatic rings. The first kappa shape index (κ1) is 8.53. The molecule has 0 aromatic carbocycles. The van der Waals surface area contributed by atoms with Gasteiger partial charge in [-0.05, 0) is 18.7 Å². The lowest BCUT2D eigenvalue weighted by atomic mass is 10.2. The van der Waals surface area contributed by atoms with E-state index in [1.54, 1.807) is 12.4 Å². The van der Waals surface area contributed by atoms with Gasteiger partial charge in [-0.15, -0.1) is 0 Å². The molecule has 2 rings (SSSR count). The van der Waals surface area contributed by atoms with Crippen LogP contribution in [0.5, 0.6) is 0 Å². The van der Waals surface area contributed by atoms with E-state index < -0.39 is 0 Å². The second-order valence-corrected chi connectivity index (χ2v) is 3.27. The van der Waals surface area contributed by atoms with Gasteiger partial charge < -0.3 is 10.3 Å². The van der Waals surface area contributed by atoms with Crippen LogP contribution in [-0.2, 0) is 6.54 Å². The lowest BCUT2D eigenvalue weighted by Gasteiger charge is -2.01. The highest BCUT2D eigenvalue weighted by Crippen LogP contribution is 2.24. The molecular formula is C9H10ClN3. The second kappa shape index (κ2) is 3.36. The van der Waals surface area contributed by atoms with Gasteiger partial charge in [0.25, 0.3) is 0 Å². The molecule has 2 aromatic rings. The van der Waals surface area contributed by atoms with Crippen LogP contribution in [0.1, 0.15) is 5.56 Å². The van der Waals surface area contributed by atoms with Gasteiger partial charge in [-0.1, -0.05) is 11.6 Å². The normalized spacial score (nSPS) is 10.9. The zero-order chi connectivity index (χ0) is 9.26. The van der Waals surface area contributed by atoms with Gasteiger partial charge in [0, 0.05) is 24.3 Å². The molecule has 68 valence electrons. The summed E-state index contributed by atoms with van der Waals surface area (Å²) in [5, 5.41) is 4.84. The predicted octanol–water partition coefficient (Wildman–Crippen LogP) is 1.94. The molecule has 0 fully saturated rings. The SMILES string of the molecule is CNCc1ccnc2[nH]cc(Cl)c12. The zero-order valence-electron chi connectivity index (χ0n) is 7.26. The maximum Gasteiger partial charge on any atom is 0.139 e. The molecule has 0 aliphatic heterocycles. The van der Waals surface area contributed by atoms with Crippen molar-refractivity contribution in [2.24, 2.45) is 0 Å². The predicted molar refractivity (Wildman–Crippen MR) is 53.9 cm³/mol. The van der Waals surface area contributed by atoms with E-state index in [-0.39, 0.29) is 0 Å². The van der Waals surface area contributed by atoms with E-state index in [1.807, 2.05) is 13.1 Å². The fourth-order valence-electron chi connectivity index (χ4n) is 1.42. The number of halogens is 1. The van der Waals surface area contributed by atoms with E-state index in [1.165, 1.54) is 5.56 Å². The highest BCUT2D eigenvalue weighted by Gasteiger charge is 2.06. The Bertz CT molecular complexity index is 422. The number of fused-ring (bicyclic) bond motifs is 1. The molecule has 2 N–H and O–H groups in total. The Kier molecular flexibility index (Phi) is 2.20. The topological polar surface area (TPSA) is 40.7 Å². The summed E-state index contributed by atoms with van der Waals surface area (Å²) in [4.78, 5) is 7.19. The highest BCUT2D eigenvalue weighted by molar-refractivity contribution is 6.35. The average Bonchev–Trinajstić information content (AvgIpc) is 2.50. The number of aromatic amines is 1. The van der Waals surface area contributed by atoms with Crippen LogP contribution >= 0.6 is 11.6 Å². The minimum atomic E-state index is 0.730. The van der Waals surface area contributed by atoms with E-state index in [0.29, 0.717) is 0 Å². The van der Waals surface area contributed by atoms with Crippen molar-refractivity contribution in [3.63, 3.8) is 0 Å². The first-order chi connectivity index (χ1) is 6.33. The standard InChI is InChI=1S/C9H10ClN3/c1-11-4-6-2-3-12-9-8(6)7(10)5-13-9/h2-3,5,11H,4H2,1H3,(H,12,13). The van der Waals surface area contributed by atoms with E-state index in [0.717, 1.165) is 22.6 Å². The first-order valence-corrected chi connectivity index (χ1v) is 4.46. The van der Waals surface area contributed by atoms with Crippen LogP contribution in [0.15, 0.2) is 18.5 Å². The summed E-state index contributed by atoms with van der Waals surface area (Å²) in [6.45, 7) is 0.802. The Labute approximate surface area is 81.1 Å². The Balaban J connectivity index is 2.65. The molecule has 13 heavy (non-hydrogen) atoms. The third-order valence-corrected chi connectivity index (χ3v) is 2.28. The molecule has 0 saturated carbocycles. The van der Waals surface area contributed by atoms with Gasteiger partial charge in [-0.2, -0.15) is 0 Å². The first-order valence-electron chi connectivity index (χ1n) is 4.08. The monoisotopic (exact) mass is 195 g/mol. The molecule has 0 spiro atoms. The van der Waals surface area contributed by atoms with E-state index >= 15 is 0 Å².